The molecule has 0 fully saturated rings. The number of hydrogen-bond donors (Lipinski definition) is 2. The molecule has 0 saturated heterocycles. The molecule has 0 unspecified atom stereocenters. The van der Waals surface area contributed by atoms with Crippen LogP contribution in [0.25, 0.3) is 0 Å². The Bertz CT molecular complexity index is 346. The standard InChI is InChI=1S/C9H14N4Si2/c1-14(8-10-3-4-11-8)7-15(2)9-12-5-6-13-9/h3-6H,7H2,1-2H3,(H,10,11)(H,12,13). The molecule has 0 atom stereocenters. The van der Waals surface area contributed by atoms with E-state index in [1.807, 2.05) is 24.8 Å². The smallest absolute Gasteiger partial charge is 0.128 e. The van der Waals surface area contributed by atoms with Crippen molar-refractivity contribution in [1.29, 1.82) is 0 Å². The summed E-state index contributed by atoms with van der Waals surface area (Å²) in [6.07, 6.45) is 7.47. The van der Waals surface area contributed by atoms with Gasteiger partial charge < -0.3 is 9.97 Å². The van der Waals surface area contributed by atoms with Gasteiger partial charge in [0.05, 0.1) is 10.9 Å². The molecule has 0 saturated carbocycles. The monoisotopic (exact) mass is 234 g/mol. The number of nitrogens with zero attached hydrogens (tertiary/aromatic N) is 2. The first-order chi connectivity index (χ1) is 7.27. The topological polar surface area (TPSA) is 57.4 Å². The van der Waals surface area contributed by atoms with Gasteiger partial charge in [-0.05, 0) is 0 Å². The Kier molecular flexibility index (Phi) is 3.17. The second-order valence-electron chi connectivity index (χ2n) is 3.61. The molecule has 2 heterocycles. The van der Waals surface area contributed by atoms with E-state index in [0.717, 1.165) is 0 Å². The van der Waals surface area contributed by atoms with E-state index in [1.54, 1.807) is 0 Å². The molecule has 0 aliphatic rings. The Hall–Kier alpha value is -1.15. The van der Waals surface area contributed by atoms with E-state index in [9.17, 15) is 0 Å². The molecule has 0 amide bonds. The van der Waals surface area contributed by atoms with Crippen molar-refractivity contribution in [3.8, 4) is 0 Å². The molecule has 6 heteroatoms. The van der Waals surface area contributed by atoms with Crippen LogP contribution in [-0.2, 0) is 0 Å². The van der Waals surface area contributed by atoms with E-state index in [1.165, 1.54) is 16.6 Å². The average Bonchev–Trinajstić information content (AvgIpc) is 2.91. The van der Waals surface area contributed by atoms with Crippen LogP contribution in [0.2, 0.25) is 18.8 Å². The second kappa shape index (κ2) is 4.58. The second-order valence-corrected chi connectivity index (χ2v) is 9.10. The maximum atomic E-state index is 4.33. The van der Waals surface area contributed by atoms with Gasteiger partial charge in [-0.15, -0.1) is 0 Å². The molecule has 0 aromatic carbocycles. The van der Waals surface area contributed by atoms with Crippen molar-refractivity contribution in [2.45, 2.75) is 18.8 Å². The zero-order valence-electron chi connectivity index (χ0n) is 8.91. The lowest BCUT2D eigenvalue weighted by molar-refractivity contribution is 1.36. The molecule has 0 bridgehead atoms. The minimum atomic E-state index is -0.530. The maximum Gasteiger partial charge on any atom is 0.128 e. The number of rotatable bonds is 4. The van der Waals surface area contributed by atoms with Crippen LogP contribution in [0.5, 0.6) is 0 Å². The molecule has 4 nitrogen and oxygen atoms in total. The van der Waals surface area contributed by atoms with Crippen LogP contribution in [0.15, 0.2) is 24.8 Å². The molecule has 15 heavy (non-hydrogen) atoms. The summed E-state index contributed by atoms with van der Waals surface area (Å²) in [7, 11) is -1.06. The van der Waals surface area contributed by atoms with E-state index in [2.05, 4.69) is 33.0 Å². The zero-order valence-corrected chi connectivity index (χ0v) is 10.9. The summed E-state index contributed by atoms with van der Waals surface area (Å²) < 4.78 is 0. The van der Waals surface area contributed by atoms with Crippen LogP contribution >= 0.6 is 0 Å². The van der Waals surface area contributed by atoms with Gasteiger partial charge in [-0.1, -0.05) is 18.8 Å². The summed E-state index contributed by atoms with van der Waals surface area (Å²) in [6.45, 7) is 4.61. The fraction of sp³-hybridized carbons (Fsp3) is 0.333. The number of hydrogen-bond acceptors (Lipinski definition) is 2. The first-order valence-corrected chi connectivity index (χ1v) is 9.33. The highest BCUT2D eigenvalue weighted by Crippen LogP contribution is 1.96. The van der Waals surface area contributed by atoms with E-state index < -0.39 is 17.6 Å². The van der Waals surface area contributed by atoms with Gasteiger partial charge in [-0.2, -0.15) is 0 Å². The molecule has 0 aliphatic heterocycles. The van der Waals surface area contributed by atoms with Gasteiger partial charge >= 0.3 is 0 Å². The highest BCUT2D eigenvalue weighted by molar-refractivity contribution is 6.87. The number of nitrogens with one attached hydrogen (secondary N) is 2. The largest absolute Gasteiger partial charge is 0.353 e. The molecule has 2 N–H and O–H groups in total. The fourth-order valence-electron chi connectivity index (χ4n) is 1.56. The molecule has 78 valence electrons. The predicted octanol–water partition coefficient (Wildman–Crippen LogP) is 0.0354. The Balaban J connectivity index is 1.98. The van der Waals surface area contributed by atoms with Gasteiger partial charge in [0.2, 0.25) is 0 Å². The van der Waals surface area contributed by atoms with Gasteiger partial charge in [-0.25, -0.2) is 9.97 Å². The van der Waals surface area contributed by atoms with Crippen LogP contribution in [0, 0.1) is 0 Å². The number of aromatic amines is 2. The van der Waals surface area contributed by atoms with Crippen LogP contribution < -0.4 is 10.9 Å². The number of imidazole rings is 2. The summed E-state index contributed by atoms with van der Waals surface area (Å²) in [4.78, 5) is 15.1. The molecule has 2 radical (unpaired) electrons. The first-order valence-electron chi connectivity index (χ1n) is 4.91. The Labute approximate surface area is 92.4 Å². The van der Waals surface area contributed by atoms with Crippen molar-refractivity contribution >= 4 is 28.5 Å². The van der Waals surface area contributed by atoms with Crippen LogP contribution in [0.4, 0.5) is 0 Å². The summed E-state index contributed by atoms with van der Waals surface area (Å²) in [5, 5.41) is 0. The Morgan fingerprint density at radius 1 is 1.00 bits per heavy atom. The molecule has 2 aromatic heterocycles. The molecule has 2 aromatic rings. The lowest BCUT2D eigenvalue weighted by atomic mass is 11.0. The van der Waals surface area contributed by atoms with Gasteiger partial charge in [-0.3, -0.25) is 0 Å². The molecular formula is C9H14N4Si2. The molecular weight excluding hydrogens is 220 g/mol. The zero-order chi connectivity index (χ0) is 10.7. The van der Waals surface area contributed by atoms with E-state index >= 15 is 0 Å². The van der Waals surface area contributed by atoms with Gasteiger partial charge in [0.15, 0.2) is 0 Å². The lowest BCUT2D eigenvalue weighted by Crippen LogP contribution is -2.40. The van der Waals surface area contributed by atoms with E-state index in [-0.39, 0.29) is 0 Å². The van der Waals surface area contributed by atoms with Gasteiger partial charge in [0, 0.05) is 24.8 Å². The SMILES string of the molecule is C[Si](C[Si](C)c1ncc[nH]1)c1ncc[nH]1. The third kappa shape index (κ3) is 2.45. The maximum absolute atomic E-state index is 4.33. The Morgan fingerprint density at radius 2 is 1.47 bits per heavy atom. The average molecular weight is 234 g/mol. The lowest BCUT2D eigenvalue weighted by Gasteiger charge is -2.09. The predicted molar refractivity (Wildman–Crippen MR) is 64.5 cm³/mol. The fourth-order valence-corrected chi connectivity index (χ4v) is 7.33. The first kappa shape index (κ1) is 10.4. The van der Waals surface area contributed by atoms with Gasteiger partial charge in [0.25, 0.3) is 0 Å². The highest BCUT2D eigenvalue weighted by atomic mass is 28.3. The molecule has 0 aliphatic carbocycles. The number of H-pyrrole nitrogens is 2. The van der Waals surface area contributed by atoms with Crippen molar-refractivity contribution in [2.24, 2.45) is 0 Å². The quantitative estimate of drug-likeness (QED) is 0.734. The third-order valence-corrected chi connectivity index (χ3v) is 8.74. The van der Waals surface area contributed by atoms with Crippen molar-refractivity contribution in [2.75, 3.05) is 0 Å². The van der Waals surface area contributed by atoms with Crippen molar-refractivity contribution < 1.29 is 0 Å². The summed E-state index contributed by atoms with van der Waals surface area (Å²) in [5.74, 6) is 0. The minimum absolute atomic E-state index is 0.530. The van der Waals surface area contributed by atoms with Crippen LogP contribution in [0.1, 0.15) is 0 Å². The third-order valence-electron chi connectivity index (χ3n) is 2.34. The molecule has 2 rings (SSSR count). The molecule has 0 spiro atoms. The van der Waals surface area contributed by atoms with E-state index in [4.69, 9.17) is 0 Å². The minimum Gasteiger partial charge on any atom is -0.353 e. The van der Waals surface area contributed by atoms with Crippen LogP contribution in [-0.4, -0.2) is 37.5 Å². The Morgan fingerprint density at radius 3 is 1.80 bits per heavy atom. The van der Waals surface area contributed by atoms with Gasteiger partial charge in [0.1, 0.15) is 17.6 Å². The van der Waals surface area contributed by atoms with Crippen molar-refractivity contribution in [3.63, 3.8) is 0 Å². The van der Waals surface area contributed by atoms with Crippen molar-refractivity contribution in [1.82, 2.24) is 19.9 Å². The highest BCUT2D eigenvalue weighted by Gasteiger charge is 2.18. The summed E-state index contributed by atoms with van der Waals surface area (Å²) in [5.41, 5.74) is 3.60. The van der Waals surface area contributed by atoms with Crippen molar-refractivity contribution in [3.05, 3.63) is 24.8 Å². The normalized spacial score (nSPS) is 11.5. The van der Waals surface area contributed by atoms with E-state index in [0.29, 0.717) is 0 Å². The van der Waals surface area contributed by atoms with Crippen LogP contribution in [0.3, 0.4) is 0 Å². The number of aromatic nitrogens is 4. The summed E-state index contributed by atoms with van der Waals surface area (Å²) >= 11 is 0. The summed E-state index contributed by atoms with van der Waals surface area (Å²) in [6, 6.07) is 0.